The first-order valence-corrected chi connectivity index (χ1v) is 15.3. The predicted molar refractivity (Wildman–Crippen MR) is 165 cm³/mol. The van der Waals surface area contributed by atoms with E-state index in [2.05, 4.69) is 32.0 Å². The molecule has 0 amide bonds. The van der Waals surface area contributed by atoms with E-state index in [4.69, 9.17) is 23.7 Å². The monoisotopic (exact) mass is 590 g/mol. The van der Waals surface area contributed by atoms with Crippen LogP contribution in [0.4, 0.5) is 0 Å². The van der Waals surface area contributed by atoms with E-state index in [0.717, 1.165) is 24.0 Å². The van der Waals surface area contributed by atoms with Gasteiger partial charge in [0.05, 0.1) is 20.3 Å². The Balaban J connectivity index is 1.96. The summed E-state index contributed by atoms with van der Waals surface area (Å²) in [5, 5.41) is 1.19. The number of rotatable bonds is 13. The van der Waals surface area contributed by atoms with Gasteiger partial charge in [0.15, 0.2) is 21.3 Å². The number of benzene rings is 4. The van der Waals surface area contributed by atoms with Crippen molar-refractivity contribution in [3.8, 4) is 28.7 Å². The minimum atomic E-state index is -1.51. The summed E-state index contributed by atoms with van der Waals surface area (Å²) in [4.78, 5) is 13.5. The molecule has 0 aliphatic carbocycles. The van der Waals surface area contributed by atoms with Gasteiger partial charge in [-0.15, -0.1) is 0 Å². The molecule has 0 fully saturated rings. The van der Waals surface area contributed by atoms with Gasteiger partial charge in [-0.1, -0.05) is 43.2 Å². The molecule has 0 spiro atoms. The molecular weight excluding hydrogens is 552 g/mol. The highest BCUT2D eigenvalue weighted by molar-refractivity contribution is 7.91. The van der Waals surface area contributed by atoms with Crippen LogP contribution >= 0.6 is 0 Å². The van der Waals surface area contributed by atoms with Crippen molar-refractivity contribution in [2.75, 3.05) is 20.3 Å². The molecule has 4 aromatic carbocycles. The number of hydrogen-bond acceptors (Lipinski definition) is 7. The number of hydrogen-bond donors (Lipinski definition) is 0. The lowest BCUT2D eigenvalue weighted by Crippen LogP contribution is -2.12. The Bertz CT molecular complexity index is 1520. The maximum absolute atomic E-state index is 13.6. The minimum Gasteiger partial charge on any atom is -0.606 e. The smallest absolute Gasteiger partial charge is 0.308 e. The van der Waals surface area contributed by atoms with Gasteiger partial charge in [0.2, 0.25) is 11.5 Å². The lowest BCUT2D eigenvalue weighted by Gasteiger charge is -2.25. The molecule has 4 aromatic rings. The fourth-order valence-corrected chi connectivity index (χ4v) is 5.86. The van der Waals surface area contributed by atoms with Gasteiger partial charge in [-0.3, -0.25) is 4.79 Å². The van der Waals surface area contributed by atoms with Crippen LogP contribution in [-0.4, -0.2) is 30.8 Å². The third kappa shape index (κ3) is 6.94. The van der Waals surface area contributed by atoms with Crippen LogP contribution in [0.3, 0.4) is 0 Å². The Morgan fingerprint density at radius 3 is 2.10 bits per heavy atom. The van der Waals surface area contributed by atoms with Gasteiger partial charge >= 0.3 is 5.97 Å². The summed E-state index contributed by atoms with van der Waals surface area (Å²) in [5.74, 6) is 1.47. The number of esters is 1. The molecule has 4 rings (SSSR count). The summed E-state index contributed by atoms with van der Waals surface area (Å²) >= 11 is -1.51. The summed E-state index contributed by atoms with van der Waals surface area (Å²) in [7, 11) is 1.59. The molecule has 42 heavy (non-hydrogen) atoms. The van der Waals surface area contributed by atoms with Crippen molar-refractivity contribution < 1.29 is 33.0 Å². The molecule has 222 valence electrons. The maximum Gasteiger partial charge on any atom is 0.308 e. The Hall–Kier alpha value is -3.88. The van der Waals surface area contributed by atoms with Crippen molar-refractivity contribution in [2.24, 2.45) is 0 Å². The topological polar surface area (TPSA) is 86.3 Å². The van der Waals surface area contributed by atoms with Gasteiger partial charge in [0.1, 0.15) is 11.9 Å². The summed E-state index contributed by atoms with van der Waals surface area (Å²) in [6, 6.07) is 20.7. The van der Waals surface area contributed by atoms with Gasteiger partial charge < -0.3 is 28.2 Å². The highest BCUT2D eigenvalue weighted by Gasteiger charge is 2.29. The first-order chi connectivity index (χ1) is 20.3. The fourth-order valence-electron chi connectivity index (χ4n) is 4.79. The molecule has 2 atom stereocenters. The zero-order valence-electron chi connectivity index (χ0n) is 25.0. The van der Waals surface area contributed by atoms with Crippen LogP contribution in [0.2, 0.25) is 0 Å². The van der Waals surface area contributed by atoms with E-state index in [0.29, 0.717) is 51.0 Å². The number of carbonyl (C=O) groups is 1. The van der Waals surface area contributed by atoms with Crippen LogP contribution in [0, 0.1) is 6.92 Å². The lowest BCUT2D eigenvalue weighted by atomic mass is 10.0. The molecule has 8 heteroatoms. The first-order valence-electron chi connectivity index (χ1n) is 14.2. The van der Waals surface area contributed by atoms with Gasteiger partial charge in [-0.2, -0.15) is 0 Å². The second-order valence-corrected chi connectivity index (χ2v) is 11.2. The molecule has 0 radical (unpaired) electrons. The van der Waals surface area contributed by atoms with E-state index in [9.17, 15) is 9.35 Å². The van der Waals surface area contributed by atoms with Crippen molar-refractivity contribution in [3.63, 3.8) is 0 Å². The second-order valence-electron chi connectivity index (χ2n) is 9.74. The van der Waals surface area contributed by atoms with Crippen molar-refractivity contribution >= 4 is 27.9 Å². The van der Waals surface area contributed by atoms with Gasteiger partial charge in [0.25, 0.3) is 0 Å². The van der Waals surface area contributed by atoms with Gasteiger partial charge in [-0.25, -0.2) is 0 Å². The molecular formula is C34H38O7S. The van der Waals surface area contributed by atoms with E-state index in [1.165, 1.54) is 6.92 Å². The standard InChI is InChI=1S/C34H38O7S/c1-7-11-30(24-13-10-12-22(4)20-24)41-31-28-19-18-27(42(36)26-16-14-25(37-6)15-17-26)21-29(28)32(40-23(5)35)34(39-9-3)33(31)38-8-2/h10,12-21,30H,7-9,11H2,1-6H3. The van der Waals surface area contributed by atoms with E-state index >= 15 is 0 Å². The molecule has 0 aromatic heterocycles. The minimum absolute atomic E-state index is 0.200. The van der Waals surface area contributed by atoms with Gasteiger partial charge in [0, 0.05) is 34.9 Å². The Kier molecular flexibility index (Phi) is 10.6. The van der Waals surface area contributed by atoms with Crippen molar-refractivity contribution in [3.05, 3.63) is 77.9 Å². The Morgan fingerprint density at radius 2 is 1.50 bits per heavy atom. The number of ether oxygens (including phenoxy) is 5. The lowest BCUT2D eigenvalue weighted by molar-refractivity contribution is -0.131. The van der Waals surface area contributed by atoms with Crippen LogP contribution < -0.4 is 23.7 Å². The number of fused-ring (bicyclic) bond motifs is 1. The largest absolute Gasteiger partial charge is 0.606 e. The van der Waals surface area contributed by atoms with Crippen LogP contribution in [-0.2, 0) is 16.0 Å². The predicted octanol–water partition coefficient (Wildman–Crippen LogP) is 7.97. The maximum atomic E-state index is 13.6. The third-order valence-corrected chi connectivity index (χ3v) is 8.02. The molecule has 0 saturated heterocycles. The summed E-state index contributed by atoms with van der Waals surface area (Å²) in [6.07, 6.45) is 1.40. The number of methoxy groups -OCH3 is 1. The Morgan fingerprint density at radius 1 is 0.833 bits per heavy atom. The highest BCUT2D eigenvalue weighted by atomic mass is 32.2. The fraction of sp³-hybridized carbons (Fsp3) is 0.324. The van der Waals surface area contributed by atoms with Crippen molar-refractivity contribution in [1.82, 2.24) is 0 Å². The van der Waals surface area contributed by atoms with Crippen molar-refractivity contribution in [1.29, 1.82) is 0 Å². The first kappa shape index (κ1) is 31.1. The van der Waals surface area contributed by atoms with Crippen molar-refractivity contribution in [2.45, 2.75) is 63.4 Å². The molecule has 0 bridgehead atoms. The average Bonchev–Trinajstić information content (AvgIpc) is 2.99. The molecule has 0 N–H and O–H groups in total. The quantitative estimate of drug-likeness (QED) is 0.0887. The van der Waals surface area contributed by atoms with Crippen LogP contribution in [0.5, 0.6) is 28.7 Å². The van der Waals surface area contributed by atoms with E-state index in [-0.39, 0.29) is 17.6 Å². The Labute approximate surface area is 250 Å². The van der Waals surface area contributed by atoms with Crippen LogP contribution in [0.1, 0.15) is 57.8 Å². The second kappa shape index (κ2) is 14.3. The molecule has 0 heterocycles. The van der Waals surface area contributed by atoms with Gasteiger partial charge in [-0.05, 0) is 69.2 Å². The molecule has 0 saturated carbocycles. The normalized spacial score (nSPS) is 12.5. The zero-order chi connectivity index (χ0) is 30.2. The summed E-state index contributed by atoms with van der Waals surface area (Å²) < 4.78 is 43.7. The van der Waals surface area contributed by atoms with E-state index in [1.807, 2.05) is 26.0 Å². The summed E-state index contributed by atoms with van der Waals surface area (Å²) in [5.41, 5.74) is 2.18. The van der Waals surface area contributed by atoms with E-state index < -0.39 is 17.1 Å². The highest BCUT2D eigenvalue weighted by Crippen LogP contribution is 2.53. The molecule has 0 aliphatic heterocycles. The number of aryl methyl sites for hydroxylation is 1. The third-order valence-electron chi connectivity index (χ3n) is 6.63. The molecule has 7 nitrogen and oxygen atoms in total. The van der Waals surface area contributed by atoms with Crippen LogP contribution in [0.15, 0.2) is 76.5 Å². The van der Waals surface area contributed by atoms with E-state index in [1.54, 1.807) is 43.5 Å². The zero-order valence-corrected chi connectivity index (χ0v) is 25.8. The SMILES string of the molecule is CCCC(Oc1c(OCC)c(OCC)c(OC(C)=O)c2cc([S+]([O-])c3ccc(OC)cc3)ccc12)c1cccc(C)c1. The average molecular weight is 591 g/mol. The molecule has 2 unspecified atom stereocenters. The molecule has 0 aliphatic rings. The summed E-state index contributed by atoms with van der Waals surface area (Å²) in [6.45, 7) is 9.86. The number of carbonyl (C=O) groups excluding carboxylic acids is 1. The van der Waals surface area contributed by atoms with Crippen LogP contribution in [0.25, 0.3) is 10.8 Å².